The number of phenolic OH excluding ortho intramolecular Hbond substituents is 1. The van der Waals surface area contributed by atoms with Gasteiger partial charge in [0.15, 0.2) is 0 Å². The van der Waals surface area contributed by atoms with E-state index in [4.69, 9.17) is 0 Å². The van der Waals surface area contributed by atoms with E-state index in [1.807, 2.05) is 57.1 Å². The van der Waals surface area contributed by atoms with E-state index in [2.05, 4.69) is 6.07 Å². The second-order valence-corrected chi connectivity index (χ2v) is 3.58. The summed E-state index contributed by atoms with van der Waals surface area (Å²) < 4.78 is 0. The van der Waals surface area contributed by atoms with Crippen LogP contribution in [0.1, 0.15) is 13.8 Å². The van der Waals surface area contributed by atoms with Crippen molar-refractivity contribution in [3.63, 3.8) is 0 Å². The highest BCUT2D eigenvalue weighted by Crippen LogP contribution is 2.27. The lowest BCUT2D eigenvalue weighted by molar-refractivity contribution is 0.481. The molecule has 2 heteroatoms. The SMILES string of the molecule is CC.CN(C)c1ccc2c(O)cccc2c1. The topological polar surface area (TPSA) is 23.5 Å². The van der Waals surface area contributed by atoms with Gasteiger partial charge in [0, 0.05) is 25.2 Å². The molecular weight excluding hydrogens is 198 g/mol. The first-order chi connectivity index (χ1) is 7.68. The molecule has 0 fully saturated rings. The number of hydrogen-bond acceptors (Lipinski definition) is 2. The van der Waals surface area contributed by atoms with E-state index < -0.39 is 0 Å². The van der Waals surface area contributed by atoms with Crippen LogP contribution in [0.15, 0.2) is 36.4 Å². The molecule has 0 aliphatic carbocycles. The van der Waals surface area contributed by atoms with Crippen molar-refractivity contribution in [2.24, 2.45) is 0 Å². The molecule has 0 bridgehead atoms. The number of fused-ring (bicyclic) bond motifs is 1. The molecule has 1 N–H and O–H groups in total. The number of benzene rings is 2. The van der Waals surface area contributed by atoms with Crippen LogP contribution in [0.2, 0.25) is 0 Å². The van der Waals surface area contributed by atoms with E-state index in [0.717, 1.165) is 16.5 Å². The lowest BCUT2D eigenvalue weighted by atomic mass is 10.1. The van der Waals surface area contributed by atoms with Gasteiger partial charge in [-0.3, -0.25) is 0 Å². The average molecular weight is 217 g/mol. The van der Waals surface area contributed by atoms with Gasteiger partial charge in [-0.25, -0.2) is 0 Å². The Kier molecular flexibility index (Phi) is 4.18. The summed E-state index contributed by atoms with van der Waals surface area (Å²) in [5.74, 6) is 0.341. The Hall–Kier alpha value is -1.70. The van der Waals surface area contributed by atoms with Gasteiger partial charge in [-0.1, -0.05) is 26.0 Å². The highest BCUT2D eigenvalue weighted by atomic mass is 16.3. The second kappa shape index (κ2) is 5.40. The summed E-state index contributed by atoms with van der Waals surface area (Å²) in [6, 6.07) is 11.6. The van der Waals surface area contributed by atoms with Crippen molar-refractivity contribution in [3.05, 3.63) is 36.4 Å². The number of anilines is 1. The molecule has 2 rings (SSSR count). The Morgan fingerprint density at radius 1 is 1.00 bits per heavy atom. The molecule has 0 saturated heterocycles. The van der Waals surface area contributed by atoms with Crippen LogP contribution in [0, 0.1) is 0 Å². The van der Waals surface area contributed by atoms with Gasteiger partial charge in [0.05, 0.1) is 0 Å². The molecule has 0 radical (unpaired) electrons. The van der Waals surface area contributed by atoms with E-state index in [-0.39, 0.29) is 0 Å². The lowest BCUT2D eigenvalue weighted by Crippen LogP contribution is -2.07. The molecule has 0 heterocycles. The van der Waals surface area contributed by atoms with E-state index in [0.29, 0.717) is 5.75 Å². The maximum absolute atomic E-state index is 9.59. The highest BCUT2D eigenvalue weighted by Gasteiger charge is 2.00. The minimum Gasteiger partial charge on any atom is -0.507 e. The van der Waals surface area contributed by atoms with Crippen molar-refractivity contribution >= 4 is 16.5 Å². The maximum Gasteiger partial charge on any atom is 0.123 e. The van der Waals surface area contributed by atoms with Crippen molar-refractivity contribution in [3.8, 4) is 5.75 Å². The molecule has 2 aromatic carbocycles. The van der Waals surface area contributed by atoms with Crippen LogP contribution in [-0.2, 0) is 0 Å². The molecular formula is C14H19NO. The van der Waals surface area contributed by atoms with Gasteiger partial charge in [-0.15, -0.1) is 0 Å². The summed E-state index contributed by atoms with van der Waals surface area (Å²) in [5, 5.41) is 11.6. The lowest BCUT2D eigenvalue weighted by Gasteiger charge is -2.13. The van der Waals surface area contributed by atoms with Crippen molar-refractivity contribution < 1.29 is 5.11 Å². The van der Waals surface area contributed by atoms with Gasteiger partial charge < -0.3 is 10.0 Å². The molecule has 0 saturated carbocycles. The van der Waals surface area contributed by atoms with E-state index in [1.54, 1.807) is 6.07 Å². The highest BCUT2D eigenvalue weighted by molar-refractivity contribution is 5.90. The van der Waals surface area contributed by atoms with Gasteiger partial charge in [-0.2, -0.15) is 0 Å². The largest absolute Gasteiger partial charge is 0.507 e. The number of rotatable bonds is 1. The number of aromatic hydroxyl groups is 1. The normalized spacial score (nSPS) is 9.50. The third-order valence-corrected chi connectivity index (χ3v) is 2.36. The Labute approximate surface area is 97.1 Å². The summed E-state index contributed by atoms with van der Waals surface area (Å²) in [6.07, 6.45) is 0. The van der Waals surface area contributed by atoms with Crippen LogP contribution in [-0.4, -0.2) is 19.2 Å². The van der Waals surface area contributed by atoms with E-state index in [9.17, 15) is 5.11 Å². The predicted molar refractivity (Wildman–Crippen MR) is 71.3 cm³/mol. The maximum atomic E-state index is 9.59. The van der Waals surface area contributed by atoms with Crippen LogP contribution in [0.25, 0.3) is 10.8 Å². The predicted octanol–water partition coefficient (Wildman–Crippen LogP) is 3.64. The van der Waals surface area contributed by atoms with Crippen molar-refractivity contribution in [2.75, 3.05) is 19.0 Å². The zero-order valence-electron chi connectivity index (χ0n) is 10.4. The molecule has 2 aromatic rings. The first kappa shape index (κ1) is 12.4. The summed E-state index contributed by atoms with van der Waals surface area (Å²) in [6.45, 7) is 4.00. The Morgan fingerprint density at radius 3 is 2.31 bits per heavy atom. The zero-order chi connectivity index (χ0) is 12.1. The van der Waals surface area contributed by atoms with E-state index >= 15 is 0 Å². The Balaban J connectivity index is 0.000000606. The standard InChI is InChI=1S/C12H13NO.C2H6/c1-13(2)10-6-7-11-9(8-10)4-3-5-12(11)14;1-2/h3-8,14H,1-2H3;1-2H3. The molecule has 0 unspecified atom stereocenters. The molecule has 0 aromatic heterocycles. The quantitative estimate of drug-likeness (QED) is 0.788. The van der Waals surface area contributed by atoms with Crippen LogP contribution in [0.4, 0.5) is 5.69 Å². The minimum absolute atomic E-state index is 0.341. The molecule has 0 aliphatic heterocycles. The van der Waals surface area contributed by atoms with Crippen LogP contribution < -0.4 is 4.90 Å². The molecule has 0 aliphatic rings. The monoisotopic (exact) mass is 217 g/mol. The molecule has 2 nitrogen and oxygen atoms in total. The first-order valence-corrected chi connectivity index (χ1v) is 5.57. The molecule has 0 spiro atoms. The molecule has 16 heavy (non-hydrogen) atoms. The average Bonchev–Trinajstić information content (AvgIpc) is 2.31. The van der Waals surface area contributed by atoms with Gasteiger partial charge >= 0.3 is 0 Å². The van der Waals surface area contributed by atoms with Gasteiger partial charge in [0.2, 0.25) is 0 Å². The van der Waals surface area contributed by atoms with Crippen LogP contribution in [0.3, 0.4) is 0 Å². The molecule has 0 amide bonds. The fourth-order valence-corrected chi connectivity index (χ4v) is 1.53. The third-order valence-electron chi connectivity index (χ3n) is 2.36. The van der Waals surface area contributed by atoms with Gasteiger partial charge in [-0.05, 0) is 29.7 Å². The zero-order valence-corrected chi connectivity index (χ0v) is 10.4. The fraction of sp³-hybridized carbons (Fsp3) is 0.286. The second-order valence-electron chi connectivity index (χ2n) is 3.58. The van der Waals surface area contributed by atoms with Crippen LogP contribution in [0.5, 0.6) is 5.75 Å². The van der Waals surface area contributed by atoms with Crippen molar-refractivity contribution in [2.45, 2.75) is 13.8 Å². The Morgan fingerprint density at radius 2 is 1.69 bits per heavy atom. The smallest absolute Gasteiger partial charge is 0.123 e. The van der Waals surface area contributed by atoms with E-state index in [1.165, 1.54) is 0 Å². The fourth-order valence-electron chi connectivity index (χ4n) is 1.53. The summed E-state index contributed by atoms with van der Waals surface area (Å²) in [7, 11) is 4.01. The molecule has 0 atom stereocenters. The number of nitrogens with zero attached hydrogens (tertiary/aromatic N) is 1. The molecule has 86 valence electrons. The summed E-state index contributed by atoms with van der Waals surface area (Å²) in [5.41, 5.74) is 1.14. The summed E-state index contributed by atoms with van der Waals surface area (Å²) >= 11 is 0. The number of hydrogen-bond donors (Lipinski definition) is 1. The van der Waals surface area contributed by atoms with Gasteiger partial charge in [0.1, 0.15) is 5.75 Å². The summed E-state index contributed by atoms with van der Waals surface area (Å²) in [4.78, 5) is 2.05. The third kappa shape index (κ3) is 2.45. The minimum atomic E-state index is 0.341. The van der Waals surface area contributed by atoms with Crippen molar-refractivity contribution in [1.82, 2.24) is 0 Å². The number of phenols is 1. The van der Waals surface area contributed by atoms with Crippen molar-refractivity contribution in [1.29, 1.82) is 0 Å². The van der Waals surface area contributed by atoms with Crippen LogP contribution >= 0.6 is 0 Å². The first-order valence-electron chi connectivity index (χ1n) is 5.57. The Bertz CT molecular complexity index is 463. The van der Waals surface area contributed by atoms with Gasteiger partial charge in [0.25, 0.3) is 0 Å².